The lowest BCUT2D eigenvalue weighted by Gasteiger charge is -2.25. The molecule has 0 radical (unpaired) electrons. The predicted molar refractivity (Wildman–Crippen MR) is 137 cm³/mol. The van der Waals surface area contributed by atoms with Crippen LogP contribution < -0.4 is 10.6 Å². The third kappa shape index (κ3) is 5.53. The minimum atomic E-state index is -0.193. The van der Waals surface area contributed by atoms with Crippen LogP contribution in [-0.4, -0.2) is 63.6 Å². The van der Waals surface area contributed by atoms with E-state index in [0.717, 1.165) is 49.8 Å². The van der Waals surface area contributed by atoms with Crippen molar-refractivity contribution in [3.8, 4) is 0 Å². The summed E-state index contributed by atoms with van der Waals surface area (Å²) in [5, 5.41) is 11.4. The number of hydrogen-bond donors (Lipinski definition) is 2. The molecular formula is C23H32IN7O2. The van der Waals surface area contributed by atoms with Crippen LogP contribution in [0.25, 0.3) is 0 Å². The van der Waals surface area contributed by atoms with E-state index in [4.69, 9.17) is 0 Å². The van der Waals surface area contributed by atoms with Crippen LogP contribution in [0.5, 0.6) is 0 Å². The molecule has 1 aromatic heterocycles. The number of guanidine groups is 1. The van der Waals surface area contributed by atoms with Crippen molar-refractivity contribution in [3.63, 3.8) is 0 Å². The molecule has 2 aromatic rings. The fourth-order valence-corrected chi connectivity index (χ4v) is 4.12. The van der Waals surface area contributed by atoms with Gasteiger partial charge in [0, 0.05) is 38.5 Å². The molecular weight excluding hydrogens is 533 g/mol. The smallest absolute Gasteiger partial charge is 0.261 e. The maximum Gasteiger partial charge on any atom is 0.261 e. The summed E-state index contributed by atoms with van der Waals surface area (Å²) >= 11 is 0. The summed E-state index contributed by atoms with van der Waals surface area (Å²) in [6.07, 6.45) is 3.44. The van der Waals surface area contributed by atoms with Gasteiger partial charge in [-0.15, -0.1) is 24.0 Å². The Bertz CT molecular complexity index is 999. The number of hydrogen-bond acceptors (Lipinski definition) is 5. The van der Waals surface area contributed by atoms with Gasteiger partial charge in [0.1, 0.15) is 5.82 Å². The van der Waals surface area contributed by atoms with E-state index in [1.165, 1.54) is 4.90 Å². The fourth-order valence-electron chi connectivity index (χ4n) is 4.12. The predicted octanol–water partition coefficient (Wildman–Crippen LogP) is 2.58. The number of aliphatic imine (C=N–C) groups is 1. The van der Waals surface area contributed by atoms with Crippen molar-refractivity contribution in [1.82, 2.24) is 30.3 Å². The Balaban J connectivity index is 0.00000306. The highest BCUT2D eigenvalue weighted by Crippen LogP contribution is 2.22. The van der Waals surface area contributed by atoms with Gasteiger partial charge in [0.15, 0.2) is 11.8 Å². The third-order valence-corrected chi connectivity index (χ3v) is 5.93. The first-order valence-corrected chi connectivity index (χ1v) is 11.3. The number of nitrogens with zero attached hydrogens (tertiary/aromatic N) is 5. The lowest BCUT2D eigenvalue weighted by atomic mass is 10.1. The number of imide groups is 1. The van der Waals surface area contributed by atoms with Crippen molar-refractivity contribution in [1.29, 1.82) is 0 Å². The number of fused-ring (bicyclic) bond motifs is 2. The molecule has 0 bridgehead atoms. The maximum absolute atomic E-state index is 12.4. The molecule has 2 N–H and O–H groups in total. The van der Waals surface area contributed by atoms with E-state index in [2.05, 4.69) is 39.6 Å². The van der Waals surface area contributed by atoms with Crippen LogP contribution in [0.2, 0.25) is 0 Å². The summed E-state index contributed by atoms with van der Waals surface area (Å²) in [4.78, 5) is 35.2. The molecule has 2 aliphatic heterocycles. The Morgan fingerprint density at radius 2 is 1.88 bits per heavy atom. The first kappa shape index (κ1) is 25.1. The van der Waals surface area contributed by atoms with Gasteiger partial charge in [-0.2, -0.15) is 5.10 Å². The number of aryl methyl sites for hydroxylation is 1. The van der Waals surface area contributed by atoms with Crippen LogP contribution in [0.3, 0.4) is 0 Å². The summed E-state index contributed by atoms with van der Waals surface area (Å²) in [7, 11) is 1.76. The van der Waals surface area contributed by atoms with Crippen molar-refractivity contribution in [3.05, 3.63) is 47.0 Å². The number of nitrogens with one attached hydrogen (secondary N) is 2. The van der Waals surface area contributed by atoms with Crippen LogP contribution in [0.1, 0.15) is 71.4 Å². The van der Waals surface area contributed by atoms with Gasteiger partial charge in [-0.1, -0.05) is 26.0 Å². The van der Waals surface area contributed by atoms with Gasteiger partial charge in [0.25, 0.3) is 11.8 Å². The molecule has 2 amide bonds. The SMILES string of the molecule is CN=C(NCCCCN1C(=O)c2ccccc2C1=O)NC1CCc2nc(C(C)C)nn2C1.I. The Morgan fingerprint density at radius 3 is 2.52 bits per heavy atom. The van der Waals surface area contributed by atoms with E-state index in [1.54, 1.807) is 31.3 Å². The molecule has 33 heavy (non-hydrogen) atoms. The molecule has 3 heterocycles. The highest BCUT2D eigenvalue weighted by molar-refractivity contribution is 14.0. The van der Waals surface area contributed by atoms with Crippen molar-refractivity contribution in [2.45, 2.75) is 58.0 Å². The van der Waals surface area contributed by atoms with E-state index in [-0.39, 0.29) is 41.8 Å². The van der Waals surface area contributed by atoms with E-state index in [1.807, 2.05) is 4.68 Å². The van der Waals surface area contributed by atoms with Crippen molar-refractivity contribution in [2.75, 3.05) is 20.1 Å². The van der Waals surface area contributed by atoms with E-state index < -0.39 is 0 Å². The average Bonchev–Trinajstić information content (AvgIpc) is 3.33. The maximum atomic E-state index is 12.4. The standard InChI is InChI=1S/C23H31N7O2.HI/c1-15(2)20-27-19-11-10-16(14-30(19)28-20)26-23(24-3)25-12-6-7-13-29-21(31)17-8-4-5-9-18(17)22(29)32;/h4-5,8-9,15-16H,6-7,10-14H2,1-3H3,(H2,24,25,26);1H. The number of aromatic nitrogens is 3. The number of amides is 2. The number of halogens is 1. The van der Waals surface area contributed by atoms with Gasteiger partial charge in [-0.05, 0) is 31.4 Å². The molecule has 1 aromatic carbocycles. The van der Waals surface area contributed by atoms with Crippen molar-refractivity contribution in [2.24, 2.45) is 4.99 Å². The first-order valence-electron chi connectivity index (χ1n) is 11.3. The van der Waals surface area contributed by atoms with Crippen LogP contribution in [-0.2, 0) is 13.0 Å². The summed E-state index contributed by atoms with van der Waals surface area (Å²) in [6.45, 7) is 6.13. The highest BCUT2D eigenvalue weighted by atomic mass is 127. The number of benzene rings is 1. The molecule has 0 fully saturated rings. The monoisotopic (exact) mass is 565 g/mol. The number of carbonyl (C=O) groups is 2. The second kappa shape index (κ2) is 11.1. The van der Waals surface area contributed by atoms with Gasteiger partial charge in [-0.3, -0.25) is 19.5 Å². The zero-order valence-corrected chi connectivity index (χ0v) is 21.7. The minimum absolute atomic E-state index is 0. The zero-order valence-electron chi connectivity index (χ0n) is 19.4. The molecule has 10 heteroatoms. The van der Waals surface area contributed by atoms with Crippen LogP contribution in [0.4, 0.5) is 0 Å². The second-order valence-corrected chi connectivity index (χ2v) is 8.62. The molecule has 178 valence electrons. The fraction of sp³-hybridized carbons (Fsp3) is 0.522. The van der Waals surface area contributed by atoms with Crippen LogP contribution in [0, 0.1) is 0 Å². The molecule has 0 saturated carbocycles. The molecule has 4 rings (SSSR count). The van der Waals surface area contributed by atoms with Gasteiger partial charge in [-0.25, -0.2) is 9.67 Å². The van der Waals surface area contributed by atoms with Crippen molar-refractivity contribution < 1.29 is 9.59 Å². The largest absolute Gasteiger partial charge is 0.356 e. The van der Waals surface area contributed by atoms with Crippen LogP contribution >= 0.6 is 24.0 Å². The molecule has 2 aliphatic rings. The topological polar surface area (TPSA) is 105 Å². The number of carbonyl (C=O) groups excluding carboxylic acids is 2. The van der Waals surface area contributed by atoms with Gasteiger partial charge in [0.05, 0.1) is 17.7 Å². The lowest BCUT2D eigenvalue weighted by molar-refractivity contribution is 0.0652. The molecule has 0 aliphatic carbocycles. The number of unbranched alkanes of at least 4 members (excludes halogenated alkanes) is 1. The van der Waals surface area contributed by atoms with Crippen molar-refractivity contribution >= 4 is 41.8 Å². The van der Waals surface area contributed by atoms with E-state index in [9.17, 15) is 9.59 Å². The summed E-state index contributed by atoms with van der Waals surface area (Å²) in [5.74, 6) is 2.66. The average molecular weight is 565 g/mol. The summed E-state index contributed by atoms with van der Waals surface area (Å²) in [5.41, 5.74) is 1.01. The third-order valence-electron chi connectivity index (χ3n) is 5.93. The quantitative estimate of drug-likeness (QED) is 0.176. The summed E-state index contributed by atoms with van der Waals surface area (Å²) < 4.78 is 2.01. The van der Waals surface area contributed by atoms with Gasteiger partial charge in [0.2, 0.25) is 0 Å². The normalized spacial score (nSPS) is 17.6. The molecule has 0 spiro atoms. The van der Waals surface area contributed by atoms with Gasteiger partial charge < -0.3 is 10.6 Å². The summed E-state index contributed by atoms with van der Waals surface area (Å²) in [6, 6.07) is 7.24. The first-order chi connectivity index (χ1) is 15.5. The second-order valence-electron chi connectivity index (χ2n) is 8.62. The lowest BCUT2D eigenvalue weighted by Crippen LogP contribution is -2.47. The van der Waals surface area contributed by atoms with Crippen LogP contribution in [0.15, 0.2) is 29.3 Å². The zero-order chi connectivity index (χ0) is 22.7. The highest BCUT2D eigenvalue weighted by Gasteiger charge is 2.34. The molecule has 9 nitrogen and oxygen atoms in total. The number of rotatable bonds is 7. The minimum Gasteiger partial charge on any atom is -0.356 e. The Labute approximate surface area is 211 Å². The molecule has 1 unspecified atom stereocenters. The van der Waals surface area contributed by atoms with Gasteiger partial charge >= 0.3 is 0 Å². The van der Waals surface area contributed by atoms with E-state index in [0.29, 0.717) is 30.1 Å². The molecule has 1 atom stereocenters. The Morgan fingerprint density at radius 1 is 1.18 bits per heavy atom. The Kier molecular flexibility index (Phi) is 8.44. The van der Waals surface area contributed by atoms with E-state index >= 15 is 0 Å². The Hall–Kier alpha value is -2.50. The molecule has 0 saturated heterocycles.